The normalized spacial score (nSPS) is 10.4. The number of anilines is 1. The molecule has 0 atom stereocenters. The van der Waals surface area contributed by atoms with Gasteiger partial charge in [0, 0.05) is 17.1 Å². The molecule has 0 spiro atoms. The summed E-state index contributed by atoms with van der Waals surface area (Å²) in [7, 11) is 0. The fraction of sp³-hybridized carbons (Fsp3) is 0.0769. The lowest BCUT2D eigenvalue weighted by Gasteiger charge is -2.11. The second-order valence-electron chi connectivity index (χ2n) is 3.72. The summed E-state index contributed by atoms with van der Waals surface area (Å²) in [4.78, 5) is 0. The van der Waals surface area contributed by atoms with Crippen molar-refractivity contribution in [1.82, 2.24) is 0 Å². The molecule has 18 heavy (non-hydrogen) atoms. The fourth-order valence-corrected chi connectivity index (χ4v) is 1.96. The van der Waals surface area contributed by atoms with Crippen LogP contribution in [0.15, 0.2) is 36.4 Å². The van der Waals surface area contributed by atoms with Crippen molar-refractivity contribution in [3.05, 3.63) is 57.8 Å². The highest BCUT2D eigenvalue weighted by Gasteiger charge is 2.07. The second kappa shape index (κ2) is 5.46. The molecule has 0 aliphatic heterocycles. The van der Waals surface area contributed by atoms with E-state index in [9.17, 15) is 9.50 Å². The lowest BCUT2D eigenvalue weighted by molar-refractivity contribution is 0.469. The molecule has 0 amide bonds. The molecule has 0 unspecified atom stereocenters. The van der Waals surface area contributed by atoms with E-state index in [0.29, 0.717) is 21.3 Å². The average Bonchev–Trinajstić information content (AvgIpc) is 2.33. The van der Waals surface area contributed by atoms with Crippen molar-refractivity contribution in [3.63, 3.8) is 0 Å². The average molecular weight is 286 g/mol. The quantitative estimate of drug-likeness (QED) is 0.873. The monoisotopic (exact) mass is 285 g/mol. The van der Waals surface area contributed by atoms with E-state index >= 15 is 0 Å². The first-order valence-corrected chi connectivity index (χ1v) is 5.99. The maximum atomic E-state index is 13.1. The minimum atomic E-state index is -0.384. The lowest BCUT2D eigenvalue weighted by atomic mass is 10.2. The number of hydrogen-bond acceptors (Lipinski definition) is 2. The molecule has 0 radical (unpaired) electrons. The van der Waals surface area contributed by atoms with Gasteiger partial charge in [0.1, 0.15) is 11.6 Å². The zero-order chi connectivity index (χ0) is 13.1. The van der Waals surface area contributed by atoms with Crippen molar-refractivity contribution < 1.29 is 9.50 Å². The van der Waals surface area contributed by atoms with E-state index < -0.39 is 0 Å². The number of rotatable bonds is 3. The molecule has 0 saturated heterocycles. The predicted octanol–water partition coefficient (Wildman–Crippen LogP) is 4.45. The van der Waals surface area contributed by atoms with Gasteiger partial charge in [0.15, 0.2) is 0 Å². The van der Waals surface area contributed by atoms with E-state index in [-0.39, 0.29) is 18.1 Å². The molecule has 0 aliphatic rings. The van der Waals surface area contributed by atoms with Crippen LogP contribution in [0.1, 0.15) is 5.56 Å². The van der Waals surface area contributed by atoms with Gasteiger partial charge in [-0.25, -0.2) is 4.39 Å². The second-order valence-corrected chi connectivity index (χ2v) is 4.53. The van der Waals surface area contributed by atoms with Gasteiger partial charge in [-0.05, 0) is 30.3 Å². The van der Waals surface area contributed by atoms with Gasteiger partial charge in [-0.3, -0.25) is 0 Å². The molecule has 0 heterocycles. The number of hydrogen-bond donors (Lipinski definition) is 2. The van der Waals surface area contributed by atoms with Crippen molar-refractivity contribution in [2.45, 2.75) is 6.54 Å². The molecule has 0 fully saturated rings. The Bertz CT molecular complexity index is 555. The number of nitrogens with one attached hydrogen (secondary N) is 1. The number of benzene rings is 2. The molecule has 2 N–H and O–H groups in total. The van der Waals surface area contributed by atoms with Crippen molar-refractivity contribution >= 4 is 28.9 Å². The summed E-state index contributed by atoms with van der Waals surface area (Å²) in [6, 6.07) is 8.89. The Morgan fingerprint density at radius 2 is 1.89 bits per heavy atom. The molecule has 0 aromatic heterocycles. The Hall–Kier alpha value is -1.45. The molecule has 0 saturated carbocycles. The zero-order valence-corrected chi connectivity index (χ0v) is 10.8. The van der Waals surface area contributed by atoms with Crippen LogP contribution in [-0.2, 0) is 6.54 Å². The lowest BCUT2D eigenvalue weighted by Crippen LogP contribution is -2.01. The molecular weight excluding hydrogens is 276 g/mol. The van der Waals surface area contributed by atoms with E-state index in [2.05, 4.69) is 5.32 Å². The Kier molecular flexibility index (Phi) is 3.94. The number of halogens is 3. The molecule has 2 nitrogen and oxygen atoms in total. The first-order valence-electron chi connectivity index (χ1n) is 5.23. The highest BCUT2D eigenvalue weighted by atomic mass is 35.5. The maximum Gasteiger partial charge on any atom is 0.125 e. The molecule has 0 bridgehead atoms. The smallest absolute Gasteiger partial charge is 0.125 e. The zero-order valence-electron chi connectivity index (χ0n) is 9.25. The SMILES string of the molecule is Oc1cccc(Cl)c1CNc1cc(F)ccc1Cl. The summed E-state index contributed by atoms with van der Waals surface area (Å²) >= 11 is 11.9. The van der Waals surface area contributed by atoms with Crippen LogP contribution in [0.5, 0.6) is 5.75 Å². The van der Waals surface area contributed by atoms with Crippen LogP contribution in [0.4, 0.5) is 10.1 Å². The fourth-order valence-electron chi connectivity index (χ4n) is 1.54. The van der Waals surface area contributed by atoms with Crippen molar-refractivity contribution in [2.24, 2.45) is 0 Å². The topological polar surface area (TPSA) is 32.3 Å². The first-order chi connectivity index (χ1) is 8.58. The van der Waals surface area contributed by atoms with Crippen molar-refractivity contribution in [2.75, 3.05) is 5.32 Å². The van der Waals surface area contributed by atoms with Crippen LogP contribution in [0.25, 0.3) is 0 Å². The first kappa shape index (κ1) is 13.0. The summed E-state index contributed by atoms with van der Waals surface area (Å²) in [6.07, 6.45) is 0. The van der Waals surface area contributed by atoms with E-state index in [1.807, 2.05) is 0 Å². The van der Waals surface area contributed by atoms with Crippen LogP contribution in [0.3, 0.4) is 0 Å². The summed E-state index contributed by atoms with van der Waals surface area (Å²) in [6.45, 7) is 0.259. The largest absolute Gasteiger partial charge is 0.508 e. The van der Waals surface area contributed by atoms with Gasteiger partial charge in [0.25, 0.3) is 0 Å². The summed E-state index contributed by atoms with van der Waals surface area (Å²) < 4.78 is 13.1. The molecule has 2 aromatic rings. The van der Waals surface area contributed by atoms with Gasteiger partial charge >= 0.3 is 0 Å². The summed E-state index contributed by atoms with van der Waals surface area (Å²) in [5, 5.41) is 13.4. The van der Waals surface area contributed by atoms with Gasteiger partial charge in [0.2, 0.25) is 0 Å². The van der Waals surface area contributed by atoms with Gasteiger partial charge in [0.05, 0.1) is 10.7 Å². The Balaban J connectivity index is 2.19. The maximum absolute atomic E-state index is 13.1. The molecule has 2 rings (SSSR count). The van der Waals surface area contributed by atoms with Gasteiger partial charge in [-0.15, -0.1) is 0 Å². The number of phenols is 1. The molecular formula is C13H10Cl2FNO. The van der Waals surface area contributed by atoms with E-state index in [4.69, 9.17) is 23.2 Å². The molecule has 0 aliphatic carbocycles. The third-order valence-electron chi connectivity index (χ3n) is 2.48. The molecule has 2 aromatic carbocycles. The Labute approximate surface area is 114 Å². The van der Waals surface area contributed by atoms with Crippen LogP contribution in [0.2, 0.25) is 10.0 Å². The minimum absolute atomic E-state index is 0.0857. The van der Waals surface area contributed by atoms with Crippen LogP contribution >= 0.6 is 23.2 Å². The van der Waals surface area contributed by atoms with Crippen LogP contribution in [0, 0.1) is 5.82 Å². The van der Waals surface area contributed by atoms with Crippen molar-refractivity contribution in [1.29, 1.82) is 0 Å². The van der Waals surface area contributed by atoms with E-state index in [1.54, 1.807) is 12.1 Å². The highest BCUT2D eigenvalue weighted by molar-refractivity contribution is 6.33. The number of phenolic OH excluding ortho intramolecular Hbond substituents is 1. The van der Waals surface area contributed by atoms with Gasteiger partial charge in [-0.2, -0.15) is 0 Å². The highest BCUT2D eigenvalue weighted by Crippen LogP contribution is 2.28. The van der Waals surface area contributed by atoms with Gasteiger partial charge in [-0.1, -0.05) is 29.3 Å². The summed E-state index contributed by atoms with van der Waals surface area (Å²) in [5.41, 5.74) is 0.996. The Morgan fingerprint density at radius 1 is 1.11 bits per heavy atom. The molecule has 5 heteroatoms. The predicted molar refractivity (Wildman–Crippen MR) is 71.9 cm³/mol. The van der Waals surface area contributed by atoms with E-state index in [1.165, 1.54) is 24.3 Å². The summed E-state index contributed by atoms with van der Waals surface area (Å²) in [5.74, 6) is -0.298. The number of aromatic hydroxyl groups is 1. The van der Waals surface area contributed by atoms with Crippen LogP contribution in [-0.4, -0.2) is 5.11 Å². The third-order valence-corrected chi connectivity index (χ3v) is 3.16. The molecule has 94 valence electrons. The van der Waals surface area contributed by atoms with Crippen molar-refractivity contribution in [3.8, 4) is 5.75 Å². The van der Waals surface area contributed by atoms with Crippen LogP contribution < -0.4 is 5.32 Å². The van der Waals surface area contributed by atoms with Gasteiger partial charge < -0.3 is 10.4 Å². The third kappa shape index (κ3) is 2.86. The Morgan fingerprint density at radius 3 is 2.61 bits per heavy atom. The standard InChI is InChI=1S/C13H10Cl2FNO/c14-10-2-1-3-13(18)9(10)7-17-12-6-8(16)4-5-11(12)15/h1-6,17-18H,7H2. The minimum Gasteiger partial charge on any atom is -0.508 e. The van der Waals surface area contributed by atoms with E-state index in [0.717, 1.165) is 0 Å².